The average molecular weight is 413 g/mol. The van der Waals surface area contributed by atoms with Crippen molar-refractivity contribution < 1.29 is 9.53 Å². The number of methoxy groups -OCH3 is 1. The predicted octanol–water partition coefficient (Wildman–Crippen LogP) is 5.98. The van der Waals surface area contributed by atoms with Crippen LogP contribution in [-0.2, 0) is 5.75 Å². The number of hydrogen-bond donors (Lipinski definition) is 0. The quantitative estimate of drug-likeness (QED) is 0.367. The highest BCUT2D eigenvalue weighted by molar-refractivity contribution is 9.10. The van der Waals surface area contributed by atoms with Gasteiger partial charge in [0, 0.05) is 26.2 Å². The maximum absolute atomic E-state index is 12.9. The number of thioether (sulfide) groups is 1. The molecular weight excluding hydrogens is 396 g/mol. The average Bonchev–Trinajstić information content (AvgIpc) is 2.67. The smallest absolute Gasteiger partial charge is 0.194 e. The Bertz CT molecular complexity index is 861. The van der Waals surface area contributed by atoms with E-state index < -0.39 is 0 Å². The van der Waals surface area contributed by atoms with Crippen LogP contribution in [0, 0.1) is 0 Å². The first kappa shape index (κ1) is 17.8. The maximum Gasteiger partial charge on any atom is 0.194 e. The van der Waals surface area contributed by atoms with Gasteiger partial charge in [-0.15, -0.1) is 11.8 Å². The van der Waals surface area contributed by atoms with Crippen LogP contribution < -0.4 is 4.74 Å². The van der Waals surface area contributed by atoms with Gasteiger partial charge in [-0.25, -0.2) is 0 Å². The molecule has 2 nitrogen and oxygen atoms in total. The van der Waals surface area contributed by atoms with Crippen LogP contribution in [0.4, 0.5) is 0 Å². The summed E-state index contributed by atoms with van der Waals surface area (Å²) in [6.45, 7) is 0. The predicted molar refractivity (Wildman–Crippen MR) is 107 cm³/mol. The number of rotatable bonds is 6. The van der Waals surface area contributed by atoms with Gasteiger partial charge in [0.1, 0.15) is 5.75 Å². The lowest BCUT2D eigenvalue weighted by Gasteiger charge is -2.10. The zero-order valence-electron chi connectivity index (χ0n) is 13.7. The molecule has 0 fully saturated rings. The van der Waals surface area contributed by atoms with Gasteiger partial charge < -0.3 is 4.74 Å². The molecule has 126 valence electrons. The lowest BCUT2D eigenvalue weighted by molar-refractivity contribution is 0.103. The molecule has 0 heterocycles. The molecule has 0 amide bonds. The summed E-state index contributed by atoms with van der Waals surface area (Å²) in [5.41, 5.74) is 2.61. The third-order valence-electron chi connectivity index (χ3n) is 3.78. The molecule has 0 radical (unpaired) electrons. The van der Waals surface area contributed by atoms with E-state index in [0.717, 1.165) is 20.9 Å². The van der Waals surface area contributed by atoms with E-state index in [9.17, 15) is 4.79 Å². The van der Waals surface area contributed by atoms with Gasteiger partial charge in [-0.05, 0) is 48.0 Å². The van der Waals surface area contributed by atoms with E-state index in [0.29, 0.717) is 11.1 Å². The molecule has 0 aliphatic rings. The van der Waals surface area contributed by atoms with E-state index in [1.807, 2.05) is 48.5 Å². The highest BCUT2D eigenvalue weighted by Gasteiger charge is 2.15. The standard InChI is InChI=1S/C21H17BrO2S/c1-24-18-10-7-16(8-11-18)21(23)19-12-9-17(22)13-20(19)25-14-15-5-3-2-4-6-15/h2-13H,14H2,1H3. The van der Waals surface area contributed by atoms with E-state index in [4.69, 9.17) is 4.74 Å². The van der Waals surface area contributed by atoms with Crippen LogP contribution in [-0.4, -0.2) is 12.9 Å². The van der Waals surface area contributed by atoms with Crippen LogP contribution in [0.3, 0.4) is 0 Å². The number of hydrogen-bond acceptors (Lipinski definition) is 3. The molecule has 0 atom stereocenters. The zero-order valence-corrected chi connectivity index (χ0v) is 16.1. The lowest BCUT2D eigenvalue weighted by Crippen LogP contribution is -2.03. The molecule has 0 N–H and O–H groups in total. The van der Waals surface area contributed by atoms with Gasteiger partial charge in [-0.3, -0.25) is 4.79 Å². The Hall–Kier alpha value is -2.04. The van der Waals surface area contributed by atoms with Gasteiger partial charge >= 0.3 is 0 Å². The summed E-state index contributed by atoms with van der Waals surface area (Å²) in [5.74, 6) is 1.58. The summed E-state index contributed by atoms with van der Waals surface area (Å²) in [4.78, 5) is 13.9. The van der Waals surface area contributed by atoms with Crippen molar-refractivity contribution in [2.24, 2.45) is 0 Å². The Balaban J connectivity index is 1.86. The Morgan fingerprint density at radius 2 is 1.72 bits per heavy atom. The topological polar surface area (TPSA) is 26.3 Å². The fourth-order valence-electron chi connectivity index (χ4n) is 2.44. The van der Waals surface area contributed by atoms with Gasteiger partial charge in [0.25, 0.3) is 0 Å². The molecule has 3 aromatic rings. The van der Waals surface area contributed by atoms with Crippen molar-refractivity contribution in [1.29, 1.82) is 0 Å². The summed E-state index contributed by atoms with van der Waals surface area (Å²) in [5, 5.41) is 0. The third-order valence-corrected chi connectivity index (χ3v) is 5.40. The summed E-state index contributed by atoms with van der Waals surface area (Å²) < 4.78 is 6.13. The van der Waals surface area contributed by atoms with Crippen molar-refractivity contribution >= 4 is 33.5 Å². The monoisotopic (exact) mass is 412 g/mol. The van der Waals surface area contributed by atoms with Crippen molar-refractivity contribution in [1.82, 2.24) is 0 Å². The molecule has 0 spiro atoms. The number of ether oxygens (including phenoxy) is 1. The lowest BCUT2D eigenvalue weighted by atomic mass is 10.0. The van der Waals surface area contributed by atoms with E-state index >= 15 is 0 Å². The van der Waals surface area contributed by atoms with Crippen molar-refractivity contribution in [3.63, 3.8) is 0 Å². The van der Waals surface area contributed by atoms with E-state index in [2.05, 4.69) is 28.1 Å². The molecule has 3 aromatic carbocycles. The fraction of sp³-hybridized carbons (Fsp3) is 0.0952. The summed E-state index contributed by atoms with van der Waals surface area (Å²) >= 11 is 5.18. The minimum Gasteiger partial charge on any atom is -0.497 e. The highest BCUT2D eigenvalue weighted by atomic mass is 79.9. The second-order valence-corrected chi connectivity index (χ2v) is 7.41. The first-order valence-electron chi connectivity index (χ1n) is 7.82. The SMILES string of the molecule is COc1ccc(C(=O)c2ccc(Br)cc2SCc2ccccc2)cc1. The number of ketones is 1. The van der Waals surface area contributed by atoms with Crippen LogP contribution >= 0.6 is 27.7 Å². The van der Waals surface area contributed by atoms with Crippen LogP contribution in [0.2, 0.25) is 0 Å². The van der Waals surface area contributed by atoms with Gasteiger partial charge in [0.05, 0.1) is 7.11 Å². The molecule has 0 aliphatic carbocycles. The van der Waals surface area contributed by atoms with Crippen LogP contribution in [0.1, 0.15) is 21.5 Å². The Morgan fingerprint density at radius 3 is 2.40 bits per heavy atom. The normalized spacial score (nSPS) is 10.5. The molecular formula is C21H17BrO2S. The van der Waals surface area contributed by atoms with E-state index in [-0.39, 0.29) is 5.78 Å². The summed E-state index contributed by atoms with van der Waals surface area (Å²) in [7, 11) is 1.61. The molecule has 0 aromatic heterocycles. The van der Waals surface area contributed by atoms with Crippen LogP contribution in [0.25, 0.3) is 0 Å². The zero-order chi connectivity index (χ0) is 17.6. The van der Waals surface area contributed by atoms with E-state index in [1.54, 1.807) is 31.0 Å². The molecule has 0 bridgehead atoms. The largest absolute Gasteiger partial charge is 0.497 e. The number of halogens is 1. The van der Waals surface area contributed by atoms with Gasteiger partial charge in [0.15, 0.2) is 5.78 Å². The van der Waals surface area contributed by atoms with Gasteiger partial charge in [0.2, 0.25) is 0 Å². The molecule has 0 unspecified atom stereocenters. The summed E-state index contributed by atoms with van der Waals surface area (Å²) in [6, 6.07) is 23.3. The van der Waals surface area contributed by atoms with Crippen molar-refractivity contribution in [2.45, 2.75) is 10.6 Å². The second kappa shape index (κ2) is 8.37. The number of carbonyl (C=O) groups excluding carboxylic acids is 1. The van der Waals surface area contributed by atoms with Crippen molar-refractivity contribution in [3.05, 3.63) is 94.0 Å². The third kappa shape index (κ3) is 4.53. The van der Waals surface area contributed by atoms with Crippen LogP contribution in [0.5, 0.6) is 5.75 Å². The number of benzene rings is 3. The molecule has 0 saturated carbocycles. The molecule has 0 saturated heterocycles. The number of carbonyl (C=O) groups is 1. The fourth-order valence-corrected chi connectivity index (χ4v) is 3.99. The van der Waals surface area contributed by atoms with Crippen LogP contribution in [0.15, 0.2) is 82.2 Å². The van der Waals surface area contributed by atoms with Crippen molar-refractivity contribution in [2.75, 3.05) is 7.11 Å². The molecule has 3 rings (SSSR count). The molecule has 25 heavy (non-hydrogen) atoms. The van der Waals surface area contributed by atoms with Gasteiger partial charge in [-0.1, -0.05) is 46.3 Å². The second-order valence-electron chi connectivity index (χ2n) is 5.47. The Kier molecular flexibility index (Phi) is 5.95. The first-order valence-corrected chi connectivity index (χ1v) is 9.60. The molecule has 0 aliphatic heterocycles. The van der Waals surface area contributed by atoms with E-state index in [1.165, 1.54) is 5.56 Å². The highest BCUT2D eigenvalue weighted by Crippen LogP contribution is 2.31. The Labute approximate surface area is 160 Å². The Morgan fingerprint density at radius 1 is 1.00 bits per heavy atom. The minimum atomic E-state index is 0.0192. The summed E-state index contributed by atoms with van der Waals surface area (Å²) in [6.07, 6.45) is 0. The molecule has 4 heteroatoms. The van der Waals surface area contributed by atoms with Crippen molar-refractivity contribution in [3.8, 4) is 5.75 Å². The minimum absolute atomic E-state index is 0.0192. The first-order chi connectivity index (χ1) is 12.2. The maximum atomic E-state index is 12.9. The van der Waals surface area contributed by atoms with Gasteiger partial charge in [-0.2, -0.15) is 0 Å².